The first-order valence-electron chi connectivity index (χ1n) is 8.97. The molecule has 0 spiro atoms. The minimum absolute atomic E-state index is 0.175. The topological polar surface area (TPSA) is 66.5 Å². The maximum absolute atomic E-state index is 12.8. The van der Waals surface area contributed by atoms with Crippen LogP contribution in [0.25, 0.3) is 0 Å². The van der Waals surface area contributed by atoms with Gasteiger partial charge >= 0.3 is 0 Å². The first kappa shape index (κ1) is 20.0. The SMILES string of the molecule is Cc1ccc(S(=O)(=O)N2CCCC2)cc1C(=O)N[C@H](C)c1ccccc1Br. The maximum Gasteiger partial charge on any atom is 0.252 e. The molecule has 0 aromatic heterocycles. The van der Waals surface area contributed by atoms with Gasteiger partial charge in [0, 0.05) is 23.1 Å². The van der Waals surface area contributed by atoms with Gasteiger partial charge in [0.2, 0.25) is 10.0 Å². The molecule has 1 aliphatic rings. The predicted octanol–water partition coefficient (Wildman–Crippen LogP) is 4.03. The average molecular weight is 451 g/mol. The summed E-state index contributed by atoms with van der Waals surface area (Å²) in [5.74, 6) is -0.283. The molecule has 3 rings (SSSR count). The number of nitrogens with one attached hydrogen (secondary N) is 1. The summed E-state index contributed by atoms with van der Waals surface area (Å²) >= 11 is 3.50. The average Bonchev–Trinajstić information content (AvgIpc) is 3.17. The molecule has 1 amide bonds. The molecule has 1 fully saturated rings. The fourth-order valence-corrected chi connectivity index (χ4v) is 5.43. The van der Waals surface area contributed by atoms with Crippen LogP contribution in [-0.2, 0) is 10.0 Å². The monoisotopic (exact) mass is 450 g/mol. The Morgan fingerprint density at radius 3 is 2.48 bits per heavy atom. The number of aryl methyl sites for hydroxylation is 1. The van der Waals surface area contributed by atoms with Gasteiger partial charge in [0.05, 0.1) is 10.9 Å². The van der Waals surface area contributed by atoms with E-state index in [1.54, 1.807) is 12.1 Å². The lowest BCUT2D eigenvalue weighted by Gasteiger charge is -2.19. The Labute approximate surface area is 169 Å². The van der Waals surface area contributed by atoms with Crippen molar-refractivity contribution in [3.05, 3.63) is 63.6 Å². The van der Waals surface area contributed by atoms with Crippen LogP contribution in [0.4, 0.5) is 0 Å². The Morgan fingerprint density at radius 1 is 1.15 bits per heavy atom. The molecule has 0 unspecified atom stereocenters. The molecule has 1 aliphatic heterocycles. The molecule has 7 heteroatoms. The van der Waals surface area contributed by atoms with Crippen LogP contribution in [0.1, 0.15) is 47.3 Å². The lowest BCUT2D eigenvalue weighted by molar-refractivity contribution is 0.0939. The number of sulfonamides is 1. The van der Waals surface area contributed by atoms with Crippen LogP contribution < -0.4 is 5.32 Å². The van der Waals surface area contributed by atoms with Gasteiger partial charge in [0.15, 0.2) is 0 Å². The maximum atomic E-state index is 12.8. The number of hydrogen-bond acceptors (Lipinski definition) is 3. The molecule has 5 nitrogen and oxygen atoms in total. The van der Waals surface area contributed by atoms with Crippen molar-refractivity contribution in [3.63, 3.8) is 0 Å². The van der Waals surface area contributed by atoms with Crippen LogP contribution in [-0.4, -0.2) is 31.7 Å². The molecule has 1 atom stereocenters. The third-order valence-electron chi connectivity index (χ3n) is 4.88. The van der Waals surface area contributed by atoms with E-state index >= 15 is 0 Å². The summed E-state index contributed by atoms with van der Waals surface area (Å²) in [6.45, 7) is 4.79. The number of carbonyl (C=O) groups is 1. The van der Waals surface area contributed by atoms with Gasteiger partial charge in [0.1, 0.15) is 0 Å². The summed E-state index contributed by atoms with van der Waals surface area (Å²) in [5, 5.41) is 2.96. The number of amides is 1. The predicted molar refractivity (Wildman–Crippen MR) is 109 cm³/mol. The van der Waals surface area contributed by atoms with E-state index in [9.17, 15) is 13.2 Å². The second kappa shape index (κ2) is 8.12. The fourth-order valence-electron chi connectivity index (χ4n) is 3.26. The molecule has 1 N–H and O–H groups in total. The largest absolute Gasteiger partial charge is 0.345 e. The summed E-state index contributed by atoms with van der Waals surface area (Å²) in [7, 11) is -3.55. The molecular formula is C20H23BrN2O3S. The van der Waals surface area contributed by atoms with Gasteiger partial charge in [-0.3, -0.25) is 4.79 Å². The highest BCUT2D eigenvalue weighted by Gasteiger charge is 2.28. The third-order valence-corrected chi connectivity index (χ3v) is 7.49. The Kier molecular flexibility index (Phi) is 6.03. The molecule has 2 aromatic rings. The lowest BCUT2D eigenvalue weighted by Crippen LogP contribution is -2.30. The van der Waals surface area contributed by atoms with E-state index < -0.39 is 10.0 Å². The summed E-state index contributed by atoms with van der Waals surface area (Å²) in [6.07, 6.45) is 1.75. The van der Waals surface area contributed by atoms with Gasteiger partial charge < -0.3 is 5.32 Å². The number of nitrogens with zero attached hydrogens (tertiary/aromatic N) is 1. The fraction of sp³-hybridized carbons (Fsp3) is 0.350. The van der Waals surface area contributed by atoms with E-state index in [1.165, 1.54) is 10.4 Å². The minimum Gasteiger partial charge on any atom is -0.345 e. The quantitative estimate of drug-likeness (QED) is 0.747. The van der Waals surface area contributed by atoms with E-state index in [0.717, 1.165) is 28.4 Å². The van der Waals surface area contributed by atoms with E-state index in [4.69, 9.17) is 0 Å². The van der Waals surface area contributed by atoms with Crippen LogP contribution in [0, 0.1) is 6.92 Å². The first-order valence-corrected chi connectivity index (χ1v) is 11.2. The van der Waals surface area contributed by atoms with Gasteiger partial charge in [-0.05, 0) is 56.0 Å². The molecule has 0 aliphatic carbocycles. The molecule has 1 saturated heterocycles. The van der Waals surface area contributed by atoms with Crippen LogP contribution in [0.3, 0.4) is 0 Å². The Bertz CT molecular complexity index is 953. The summed E-state index contributed by atoms with van der Waals surface area (Å²) < 4.78 is 28.0. The molecule has 144 valence electrons. The molecule has 2 aromatic carbocycles. The summed E-state index contributed by atoms with van der Waals surface area (Å²) in [6, 6.07) is 12.2. The zero-order chi connectivity index (χ0) is 19.6. The summed E-state index contributed by atoms with van der Waals surface area (Å²) in [5.41, 5.74) is 2.09. The van der Waals surface area contributed by atoms with Gasteiger partial charge in [-0.15, -0.1) is 0 Å². The number of halogens is 1. The van der Waals surface area contributed by atoms with Crippen LogP contribution in [0.15, 0.2) is 51.8 Å². The van der Waals surface area contributed by atoms with Crippen LogP contribution in [0.5, 0.6) is 0 Å². The molecule has 0 radical (unpaired) electrons. The molecular weight excluding hydrogens is 428 g/mol. The van der Waals surface area contributed by atoms with Crippen molar-refractivity contribution in [2.45, 2.75) is 37.6 Å². The normalized spacial score (nSPS) is 16.3. The van der Waals surface area contributed by atoms with Crippen LogP contribution >= 0.6 is 15.9 Å². The van der Waals surface area contributed by atoms with E-state index in [1.807, 2.05) is 38.1 Å². The van der Waals surface area contributed by atoms with Gasteiger partial charge in [0.25, 0.3) is 5.91 Å². The van der Waals surface area contributed by atoms with E-state index in [-0.39, 0.29) is 16.8 Å². The molecule has 0 bridgehead atoms. The molecule has 1 heterocycles. The highest BCUT2D eigenvalue weighted by molar-refractivity contribution is 9.10. The van der Waals surface area contributed by atoms with Gasteiger partial charge in [-0.2, -0.15) is 4.31 Å². The van der Waals surface area contributed by atoms with E-state index in [2.05, 4.69) is 21.2 Å². The molecule has 27 heavy (non-hydrogen) atoms. The molecule has 0 saturated carbocycles. The number of rotatable bonds is 5. The number of benzene rings is 2. The Morgan fingerprint density at radius 2 is 1.81 bits per heavy atom. The van der Waals surface area contributed by atoms with Gasteiger partial charge in [-0.1, -0.05) is 40.2 Å². The standard InChI is InChI=1S/C20H23BrN2O3S/c1-14-9-10-16(27(25,26)23-11-5-6-12-23)13-18(14)20(24)22-15(2)17-7-3-4-8-19(17)21/h3-4,7-10,13,15H,5-6,11-12H2,1-2H3,(H,22,24)/t15-/m1/s1. The third kappa shape index (κ3) is 4.25. The van der Waals surface area contributed by atoms with Crippen molar-refractivity contribution in [3.8, 4) is 0 Å². The number of carbonyl (C=O) groups excluding carboxylic acids is 1. The van der Waals surface area contributed by atoms with Crippen molar-refractivity contribution in [2.24, 2.45) is 0 Å². The summed E-state index contributed by atoms with van der Waals surface area (Å²) in [4.78, 5) is 13.0. The zero-order valence-electron chi connectivity index (χ0n) is 15.4. The Hall–Kier alpha value is -1.70. The van der Waals surface area contributed by atoms with Crippen molar-refractivity contribution in [1.82, 2.24) is 9.62 Å². The van der Waals surface area contributed by atoms with Crippen molar-refractivity contribution >= 4 is 31.9 Å². The highest BCUT2D eigenvalue weighted by Crippen LogP contribution is 2.25. The minimum atomic E-state index is -3.55. The highest BCUT2D eigenvalue weighted by atomic mass is 79.9. The second-order valence-electron chi connectivity index (χ2n) is 6.80. The van der Waals surface area contributed by atoms with Crippen molar-refractivity contribution in [1.29, 1.82) is 0 Å². The number of hydrogen-bond donors (Lipinski definition) is 1. The van der Waals surface area contributed by atoms with Crippen molar-refractivity contribution in [2.75, 3.05) is 13.1 Å². The van der Waals surface area contributed by atoms with Crippen LogP contribution in [0.2, 0.25) is 0 Å². The van der Waals surface area contributed by atoms with Crippen molar-refractivity contribution < 1.29 is 13.2 Å². The first-order chi connectivity index (χ1) is 12.8. The smallest absolute Gasteiger partial charge is 0.252 e. The van der Waals surface area contributed by atoms with E-state index in [0.29, 0.717) is 18.7 Å². The van der Waals surface area contributed by atoms with Gasteiger partial charge in [-0.25, -0.2) is 8.42 Å². The zero-order valence-corrected chi connectivity index (χ0v) is 17.8. The lowest BCUT2D eigenvalue weighted by atomic mass is 10.1. The Balaban J connectivity index is 1.86. The second-order valence-corrected chi connectivity index (χ2v) is 9.60.